The van der Waals surface area contributed by atoms with Crippen molar-refractivity contribution >= 4 is 5.57 Å². The maximum Gasteiger partial charge on any atom is 0.279 e. The summed E-state index contributed by atoms with van der Waals surface area (Å²) in [6, 6.07) is 10.3. The van der Waals surface area contributed by atoms with Crippen LogP contribution in [-0.2, 0) is 30.7 Å². The zero-order valence-corrected chi connectivity index (χ0v) is 20.9. The average molecular weight is 459 g/mol. The molecule has 0 aliphatic heterocycles. The lowest BCUT2D eigenvalue weighted by Crippen LogP contribution is -2.28. The van der Waals surface area contributed by atoms with E-state index in [1.165, 1.54) is 16.8 Å². The van der Waals surface area contributed by atoms with Crippen molar-refractivity contribution in [1.29, 1.82) is 0 Å². The molecule has 6 nitrogen and oxygen atoms in total. The fraction of sp³-hybridized carbons (Fsp3) is 0.464. The van der Waals surface area contributed by atoms with Gasteiger partial charge in [0, 0.05) is 23.4 Å². The highest BCUT2D eigenvalue weighted by Gasteiger charge is 2.33. The fourth-order valence-corrected chi connectivity index (χ4v) is 5.11. The summed E-state index contributed by atoms with van der Waals surface area (Å²) in [5, 5.41) is 9.20. The van der Waals surface area contributed by atoms with Crippen molar-refractivity contribution in [3.05, 3.63) is 70.7 Å². The quantitative estimate of drug-likeness (QED) is 0.441. The van der Waals surface area contributed by atoms with Crippen molar-refractivity contribution in [2.24, 2.45) is 5.41 Å². The van der Waals surface area contributed by atoms with Crippen LogP contribution >= 0.6 is 0 Å². The normalized spacial score (nSPS) is 21.7. The predicted octanol–water partition coefficient (Wildman–Crippen LogP) is 6.18. The molecule has 34 heavy (non-hydrogen) atoms. The van der Waals surface area contributed by atoms with Crippen LogP contribution in [0.2, 0.25) is 0 Å². The van der Waals surface area contributed by atoms with Gasteiger partial charge >= 0.3 is 0 Å². The van der Waals surface area contributed by atoms with Crippen molar-refractivity contribution in [2.75, 3.05) is 0 Å². The lowest BCUT2D eigenvalue weighted by Gasteiger charge is -2.30. The SMILES string of the molecule is CCn1nc(-c2nc(C3=CCC(C)(OCc4ccccc4)C=C3C)no2)c2c1CC(C)(C)CC2. The number of benzene rings is 1. The van der Waals surface area contributed by atoms with Gasteiger partial charge in [-0.25, -0.2) is 0 Å². The summed E-state index contributed by atoms with van der Waals surface area (Å²) in [6.07, 6.45) is 8.25. The smallest absolute Gasteiger partial charge is 0.279 e. The van der Waals surface area contributed by atoms with Crippen LogP contribution in [0.15, 0.2) is 52.6 Å². The molecule has 1 aromatic carbocycles. The van der Waals surface area contributed by atoms with Gasteiger partial charge < -0.3 is 9.26 Å². The summed E-state index contributed by atoms with van der Waals surface area (Å²) < 4.78 is 14.1. The van der Waals surface area contributed by atoms with Gasteiger partial charge in [0.2, 0.25) is 5.82 Å². The summed E-state index contributed by atoms with van der Waals surface area (Å²) in [5.41, 5.74) is 6.63. The van der Waals surface area contributed by atoms with E-state index in [2.05, 4.69) is 68.7 Å². The van der Waals surface area contributed by atoms with E-state index >= 15 is 0 Å². The van der Waals surface area contributed by atoms with E-state index in [0.29, 0.717) is 23.7 Å². The summed E-state index contributed by atoms with van der Waals surface area (Å²) in [7, 11) is 0. The van der Waals surface area contributed by atoms with Crippen LogP contribution in [-0.4, -0.2) is 25.5 Å². The van der Waals surface area contributed by atoms with Crippen molar-refractivity contribution in [1.82, 2.24) is 19.9 Å². The molecule has 3 aromatic rings. The molecule has 2 aliphatic rings. The van der Waals surface area contributed by atoms with Crippen LogP contribution in [0.5, 0.6) is 0 Å². The monoisotopic (exact) mass is 458 g/mol. The Hall–Kier alpha value is -2.99. The second-order valence-corrected chi connectivity index (χ2v) is 10.6. The topological polar surface area (TPSA) is 66.0 Å². The maximum atomic E-state index is 6.28. The van der Waals surface area contributed by atoms with Gasteiger partial charge in [-0.2, -0.15) is 10.1 Å². The molecule has 6 heteroatoms. The fourth-order valence-electron chi connectivity index (χ4n) is 5.11. The Labute approximate surface area is 201 Å². The van der Waals surface area contributed by atoms with Crippen LogP contribution in [0.1, 0.15) is 70.1 Å². The highest BCUT2D eigenvalue weighted by Crippen LogP contribution is 2.39. The maximum absolute atomic E-state index is 6.28. The number of ether oxygens (including phenoxy) is 1. The van der Waals surface area contributed by atoms with E-state index in [1.54, 1.807) is 0 Å². The van der Waals surface area contributed by atoms with E-state index < -0.39 is 0 Å². The number of allylic oxidation sites excluding steroid dienone is 2. The third-order valence-corrected chi connectivity index (χ3v) is 7.10. The predicted molar refractivity (Wildman–Crippen MR) is 133 cm³/mol. The van der Waals surface area contributed by atoms with E-state index in [0.717, 1.165) is 49.1 Å². The number of aryl methyl sites for hydroxylation is 1. The molecule has 178 valence electrons. The highest BCUT2D eigenvalue weighted by atomic mass is 16.5. The number of hydrogen-bond acceptors (Lipinski definition) is 5. The summed E-state index contributed by atoms with van der Waals surface area (Å²) in [4.78, 5) is 4.78. The molecule has 0 saturated heterocycles. The first kappa shape index (κ1) is 22.8. The minimum Gasteiger partial charge on any atom is -0.366 e. The minimum absolute atomic E-state index is 0.293. The molecule has 0 bridgehead atoms. The third-order valence-electron chi connectivity index (χ3n) is 7.10. The first-order valence-electron chi connectivity index (χ1n) is 12.3. The van der Waals surface area contributed by atoms with Gasteiger partial charge in [0.05, 0.1) is 12.2 Å². The Morgan fingerprint density at radius 3 is 2.68 bits per heavy atom. The van der Waals surface area contributed by atoms with E-state index in [4.69, 9.17) is 19.3 Å². The molecule has 2 heterocycles. The molecule has 2 aliphatic carbocycles. The molecule has 0 amide bonds. The summed E-state index contributed by atoms with van der Waals surface area (Å²) in [5.74, 6) is 1.13. The Morgan fingerprint density at radius 1 is 1.15 bits per heavy atom. The first-order valence-corrected chi connectivity index (χ1v) is 12.3. The van der Waals surface area contributed by atoms with Crippen LogP contribution in [0, 0.1) is 5.41 Å². The van der Waals surface area contributed by atoms with Gasteiger partial charge in [0.15, 0.2) is 5.69 Å². The Bertz CT molecular complexity index is 1250. The van der Waals surface area contributed by atoms with Gasteiger partial charge in [-0.05, 0) is 69.1 Å². The first-order chi connectivity index (χ1) is 16.3. The Balaban J connectivity index is 1.36. The zero-order valence-electron chi connectivity index (χ0n) is 20.9. The number of fused-ring (bicyclic) bond motifs is 1. The van der Waals surface area contributed by atoms with Crippen molar-refractivity contribution in [3.63, 3.8) is 0 Å². The number of nitrogens with zero attached hydrogens (tertiary/aromatic N) is 4. The van der Waals surface area contributed by atoms with Crippen molar-refractivity contribution < 1.29 is 9.26 Å². The molecular weight excluding hydrogens is 424 g/mol. The lowest BCUT2D eigenvalue weighted by atomic mass is 9.76. The van der Waals surface area contributed by atoms with Crippen LogP contribution in [0.4, 0.5) is 0 Å². The largest absolute Gasteiger partial charge is 0.366 e. The molecule has 0 spiro atoms. The van der Waals surface area contributed by atoms with Crippen molar-refractivity contribution in [3.8, 4) is 11.6 Å². The molecule has 2 aromatic heterocycles. The third kappa shape index (κ3) is 4.39. The van der Waals surface area contributed by atoms with Gasteiger partial charge in [0.1, 0.15) is 0 Å². The number of aromatic nitrogens is 4. The lowest BCUT2D eigenvalue weighted by molar-refractivity contribution is -0.00554. The molecular formula is C28H34N4O2. The van der Waals surface area contributed by atoms with Gasteiger partial charge in [-0.15, -0.1) is 0 Å². The van der Waals surface area contributed by atoms with E-state index in [9.17, 15) is 0 Å². The molecule has 5 rings (SSSR count). The molecule has 1 unspecified atom stereocenters. The molecule has 1 atom stereocenters. The number of hydrogen-bond donors (Lipinski definition) is 0. The molecule has 0 fully saturated rings. The second-order valence-electron chi connectivity index (χ2n) is 10.6. The van der Waals surface area contributed by atoms with Gasteiger partial charge in [-0.3, -0.25) is 4.68 Å². The highest BCUT2D eigenvalue weighted by molar-refractivity contribution is 5.76. The van der Waals surface area contributed by atoms with Crippen LogP contribution in [0.3, 0.4) is 0 Å². The van der Waals surface area contributed by atoms with Crippen LogP contribution in [0.25, 0.3) is 17.2 Å². The minimum atomic E-state index is -0.359. The summed E-state index contributed by atoms with van der Waals surface area (Å²) >= 11 is 0. The summed E-state index contributed by atoms with van der Waals surface area (Å²) in [6.45, 7) is 12.4. The Kier molecular flexibility index (Phi) is 5.80. The average Bonchev–Trinajstić information content (AvgIpc) is 3.42. The van der Waals surface area contributed by atoms with Crippen molar-refractivity contribution in [2.45, 2.75) is 79.1 Å². The van der Waals surface area contributed by atoms with Crippen LogP contribution < -0.4 is 0 Å². The molecule has 0 saturated carbocycles. The molecule has 0 N–H and O–H groups in total. The standard InChI is InChI=1S/C28H34N4O2/c1-6-32-23-17-27(3,4)14-12-22(23)24(30-32)26-29-25(31-34-26)21-13-15-28(5,16-19(21)2)33-18-20-10-8-7-9-11-20/h7-11,13,16H,6,12,14-15,17-18H2,1-5H3. The zero-order chi connectivity index (χ0) is 23.9. The number of rotatable bonds is 6. The van der Waals surface area contributed by atoms with E-state index in [1.807, 2.05) is 18.2 Å². The second kappa shape index (κ2) is 8.66. The van der Waals surface area contributed by atoms with E-state index in [-0.39, 0.29) is 5.60 Å². The van der Waals surface area contributed by atoms with Gasteiger partial charge in [0.25, 0.3) is 5.89 Å². The van der Waals surface area contributed by atoms with Gasteiger partial charge in [-0.1, -0.05) is 55.4 Å². The Morgan fingerprint density at radius 2 is 1.94 bits per heavy atom. The molecule has 0 radical (unpaired) electrons.